The van der Waals surface area contributed by atoms with Gasteiger partial charge in [0.2, 0.25) is 0 Å². The van der Waals surface area contributed by atoms with Gasteiger partial charge in [-0.1, -0.05) is 22.0 Å². The van der Waals surface area contributed by atoms with Gasteiger partial charge in [-0.2, -0.15) is 13.2 Å². The summed E-state index contributed by atoms with van der Waals surface area (Å²) < 4.78 is 42.3. The third-order valence-corrected chi connectivity index (χ3v) is 2.81. The number of alkyl halides is 3. The Kier molecular flexibility index (Phi) is 5.95. The number of benzene rings is 1. The van der Waals surface area contributed by atoms with Crippen LogP contribution in [0, 0.1) is 0 Å². The first-order valence-corrected chi connectivity index (χ1v) is 6.30. The van der Waals surface area contributed by atoms with Crippen molar-refractivity contribution in [2.24, 2.45) is 0 Å². The summed E-state index contributed by atoms with van der Waals surface area (Å²) in [5.41, 5.74) is 0. The second-order valence-electron chi connectivity index (χ2n) is 3.97. The lowest BCUT2D eigenvalue weighted by Crippen LogP contribution is -2.28. The molecule has 0 aliphatic rings. The lowest BCUT2D eigenvalue weighted by atomic mass is 10.3. The van der Waals surface area contributed by atoms with E-state index >= 15 is 0 Å². The number of ether oxygens (including phenoxy) is 1. The van der Waals surface area contributed by atoms with Crippen molar-refractivity contribution >= 4 is 15.9 Å². The Morgan fingerprint density at radius 1 is 1.28 bits per heavy atom. The van der Waals surface area contributed by atoms with Gasteiger partial charge in [0.15, 0.2) is 0 Å². The average molecular weight is 326 g/mol. The van der Waals surface area contributed by atoms with Crippen molar-refractivity contribution in [2.45, 2.75) is 12.6 Å². The maximum Gasteiger partial charge on any atom is 0.390 e. The van der Waals surface area contributed by atoms with Gasteiger partial charge >= 0.3 is 6.18 Å². The molecule has 1 aromatic carbocycles. The van der Waals surface area contributed by atoms with Crippen LogP contribution in [0.25, 0.3) is 0 Å². The number of halogens is 4. The molecule has 0 aromatic heterocycles. The second-order valence-corrected chi connectivity index (χ2v) is 4.89. The van der Waals surface area contributed by atoms with Gasteiger partial charge in [-0.15, -0.1) is 0 Å². The summed E-state index contributed by atoms with van der Waals surface area (Å²) in [5.74, 6) is 0.702. The Labute approximate surface area is 113 Å². The highest BCUT2D eigenvalue weighted by Crippen LogP contribution is 2.19. The van der Waals surface area contributed by atoms with E-state index in [-0.39, 0.29) is 6.54 Å². The summed E-state index contributed by atoms with van der Waals surface area (Å²) in [6.07, 6.45) is -4.89. The normalized spacial score (nSPS) is 11.9. The molecule has 0 spiro atoms. The van der Waals surface area contributed by atoms with Gasteiger partial charge in [-0.3, -0.25) is 0 Å². The van der Waals surface area contributed by atoms with Crippen molar-refractivity contribution in [1.29, 1.82) is 0 Å². The van der Waals surface area contributed by atoms with Gasteiger partial charge in [0, 0.05) is 17.6 Å². The van der Waals surface area contributed by atoms with Crippen LogP contribution in [-0.2, 0) is 0 Å². The zero-order valence-corrected chi connectivity index (χ0v) is 11.6. The minimum Gasteiger partial charge on any atom is -0.492 e. The molecule has 0 amide bonds. The largest absolute Gasteiger partial charge is 0.492 e. The topological polar surface area (TPSA) is 12.5 Å². The Morgan fingerprint density at radius 2 is 2.00 bits per heavy atom. The van der Waals surface area contributed by atoms with Crippen LogP contribution in [0.4, 0.5) is 13.2 Å². The summed E-state index contributed by atoms with van der Waals surface area (Å²) in [7, 11) is 1.65. The lowest BCUT2D eigenvalue weighted by Gasteiger charge is -2.17. The van der Waals surface area contributed by atoms with E-state index in [0.29, 0.717) is 18.9 Å². The van der Waals surface area contributed by atoms with E-state index in [4.69, 9.17) is 4.74 Å². The zero-order valence-electron chi connectivity index (χ0n) is 10.0. The summed E-state index contributed by atoms with van der Waals surface area (Å²) >= 11 is 3.31. The third-order valence-electron chi connectivity index (χ3n) is 2.31. The molecule has 2 nitrogen and oxygen atoms in total. The molecule has 1 rings (SSSR count). The lowest BCUT2D eigenvalue weighted by molar-refractivity contribution is -0.137. The van der Waals surface area contributed by atoms with Crippen molar-refractivity contribution < 1.29 is 17.9 Å². The van der Waals surface area contributed by atoms with E-state index in [2.05, 4.69) is 15.9 Å². The van der Waals surface area contributed by atoms with Crippen molar-refractivity contribution in [3.05, 3.63) is 28.7 Å². The van der Waals surface area contributed by atoms with Crippen LogP contribution < -0.4 is 4.74 Å². The fraction of sp³-hybridized carbons (Fsp3) is 0.500. The first kappa shape index (κ1) is 15.3. The fourth-order valence-electron chi connectivity index (χ4n) is 1.31. The molecule has 0 aliphatic heterocycles. The van der Waals surface area contributed by atoms with E-state index in [1.807, 2.05) is 18.2 Å². The minimum absolute atomic E-state index is 0.00859. The van der Waals surface area contributed by atoms with Crippen LogP contribution >= 0.6 is 15.9 Å². The average Bonchev–Trinajstić information content (AvgIpc) is 2.25. The third kappa shape index (κ3) is 6.86. The van der Waals surface area contributed by atoms with Crippen molar-refractivity contribution in [2.75, 3.05) is 26.7 Å². The first-order chi connectivity index (χ1) is 8.37. The van der Waals surface area contributed by atoms with Gasteiger partial charge in [-0.25, -0.2) is 0 Å². The van der Waals surface area contributed by atoms with Gasteiger partial charge in [0.25, 0.3) is 0 Å². The van der Waals surface area contributed by atoms with Gasteiger partial charge in [-0.05, 0) is 25.2 Å². The molecular weight excluding hydrogens is 311 g/mol. The van der Waals surface area contributed by atoms with E-state index in [9.17, 15) is 13.2 Å². The molecule has 0 atom stereocenters. The quantitative estimate of drug-likeness (QED) is 0.790. The molecule has 0 unspecified atom stereocenters. The molecule has 0 radical (unpaired) electrons. The molecule has 18 heavy (non-hydrogen) atoms. The predicted molar refractivity (Wildman–Crippen MR) is 67.8 cm³/mol. The SMILES string of the molecule is CN(CCOc1cccc(Br)c1)CCC(F)(F)F. The molecular formula is C12H15BrF3NO. The summed E-state index contributed by atoms with van der Waals surface area (Å²) in [6.45, 7) is 0.818. The molecule has 0 heterocycles. The molecule has 1 aromatic rings. The second kappa shape index (κ2) is 6.99. The highest BCUT2D eigenvalue weighted by Gasteiger charge is 2.26. The zero-order chi connectivity index (χ0) is 13.6. The van der Waals surface area contributed by atoms with E-state index in [1.165, 1.54) is 0 Å². The molecule has 0 N–H and O–H groups in total. The Balaban J connectivity index is 2.21. The predicted octanol–water partition coefficient (Wildman–Crippen LogP) is 3.71. The van der Waals surface area contributed by atoms with Crippen LogP contribution in [0.1, 0.15) is 6.42 Å². The molecule has 0 saturated heterocycles. The first-order valence-electron chi connectivity index (χ1n) is 5.50. The Bertz CT molecular complexity index is 371. The monoisotopic (exact) mass is 325 g/mol. The highest BCUT2D eigenvalue weighted by atomic mass is 79.9. The van der Waals surface area contributed by atoms with Gasteiger partial charge < -0.3 is 9.64 Å². The number of likely N-dealkylation sites (N-methyl/N-ethyl adjacent to an activating group) is 1. The van der Waals surface area contributed by atoms with E-state index in [1.54, 1.807) is 18.0 Å². The maximum absolute atomic E-state index is 12.0. The molecule has 0 aliphatic carbocycles. The minimum atomic E-state index is -4.10. The molecule has 0 saturated carbocycles. The van der Waals surface area contributed by atoms with Crippen LogP contribution in [0.3, 0.4) is 0 Å². The number of hydrogen-bond acceptors (Lipinski definition) is 2. The molecule has 6 heteroatoms. The fourth-order valence-corrected chi connectivity index (χ4v) is 1.68. The van der Waals surface area contributed by atoms with E-state index < -0.39 is 12.6 Å². The molecule has 0 bridgehead atoms. The number of rotatable bonds is 6. The Morgan fingerprint density at radius 3 is 2.61 bits per heavy atom. The van der Waals surface area contributed by atoms with Crippen LogP contribution in [0.5, 0.6) is 5.75 Å². The van der Waals surface area contributed by atoms with Crippen molar-refractivity contribution in [1.82, 2.24) is 4.90 Å². The van der Waals surface area contributed by atoms with Gasteiger partial charge in [0.05, 0.1) is 6.42 Å². The smallest absolute Gasteiger partial charge is 0.390 e. The van der Waals surface area contributed by atoms with Crippen molar-refractivity contribution in [3.8, 4) is 5.75 Å². The summed E-state index contributed by atoms with van der Waals surface area (Å²) in [5, 5.41) is 0. The Hall–Kier alpha value is -0.750. The summed E-state index contributed by atoms with van der Waals surface area (Å²) in [6, 6.07) is 7.34. The van der Waals surface area contributed by atoms with E-state index in [0.717, 1.165) is 4.47 Å². The van der Waals surface area contributed by atoms with Crippen LogP contribution in [0.15, 0.2) is 28.7 Å². The van der Waals surface area contributed by atoms with Crippen LogP contribution in [0.2, 0.25) is 0 Å². The molecule has 102 valence electrons. The standard InChI is InChI=1S/C12H15BrF3NO/c1-17(6-5-12(14,15)16)7-8-18-11-4-2-3-10(13)9-11/h2-4,9H,5-8H2,1H3. The number of hydrogen-bond donors (Lipinski definition) is 0. The molecule has 0 fully saturated rings. The van der Waals surface area contributed by atoms with Gasteiger partial charge in [0.1, 0.15) is 12.4 Å². The van der Waals surface area contributed by atoms with Crippen molar-refractivity contribution in [3.63, 3.8) is 0 Å². The number of nitrogens with zero attached hydrogens (tertiary/aromatic N) is 1. The summed E-state index contributed by atoms with van der Waals surface area (Å²) in [4.78, 5) is 1.60. The van der Waals surface area contributed by atoms with Crippen LogP contribution in [-0.4, -0.2) is 37.8 Å². The highest BCUT2D eigenvalue weighted by molar-refractivity contribution is 9.10. The maximum atomic E-state index is 12.0.